The fourth-order valence-corrected chi connectivity index (χ4v) is 5.61. The van der Waals surface area contributed by atoms with E-state index in [0.717, 1.165) is 18.9 Å². The van der Waals surface area contributed by atoms with E-state index in [9.17, 15) is 13.2 Å². The molecule has 0 spiro atoms. The molecule has 33 heavy (non-hydrogen) atoms. The quantitative estimate of drug-likeness (QED) is 0.357. The van der Waals surface area contributed by atoms with Gasteiger partial charge in [0.25, 0.3) is 0 Å². The Kier molecular flexibility index (Phi) is 7.42. The van der Waals surface area contributed by atoms with Crippen LogP contribution in [0, 0.1) is 5.92 Å². The van der Waals surface area contributed by atoms with Gasteiger partial charge in [-0.05, 0) is 48.7 Å². The summed E-state index contributed by atoms with van der Waals surface area (Å²) in [6.45, 7) is 2.08. The van der Waals surface area contributed by atoms with Crippen LogP contribution in [-0.4, -0.2) is 46.1 Å². The van der Waals surface area contributed by atoms with Gasteiger partial charge in [-0.2, -0.15) is 8.42 Å². The van der Waals surface area contributed by atoms with Gasteiger partial charge in [-0.3, -0.25) is 4.90 Å². The summed E-state index contributed by atoms with van der Waals surface area (Å²) in [4.78, 5) is 16.5. The molecule has 178 valence electrons. The number of ether oxygens (including phenoxy) is 1. The van der Waals surface area contributed by atoms with Crippen LogP contribution in [0.3, 0.4) is 0 Å². The molecule has 0 N–H and O–H groups in total. The van der Waals surface area contributed by atoms with E-state index in [4.69, 9.17) is 8.92 Å². The molecule has 8 heteroatoms. The molecule has 0 aromatic heterocycles. The number of unbranched alkanes of at least 4 members (excludes halogenated alkanes) is 1. The highest BCUT2D eigenvalue weighted by atomic mass is 32.2. The molecule has 2 aromatic carbocycles. The Morgan fingerprint density at radius 1 is 0.970 bits per heavy atom. The molecule has 2 aliphatic rings. The van der Waals surface area contributed by atoms with Crippen molar-refractivity contribution in [2.75, 3.05) is 31.6 Å². The lowest BCUT2D eigenvalue weighted by atomic mass is 10.0. The number of hydrogen-bond donors (Lipinski definition) is 0. The van der Waals surface area contributed by atoms with Crippen molar-refractivity contribution < 1.29 is 22.1 Å². The largest absolute Gasteiger partial charge is 0.497 e. The molecule has 2 fully saturated rings. The topological polar surface area (TPSA) is 76.2 Å². The molecule has 2 aromatic rings. The Labute approximate surface area is 196 Å². The summed E-state index contributed by atoms with van der Waals surface area (Å²) in [5.74, 6) is 1.57. The summed E-state index contributed by atoms with van der Waals surface area (Å²) in [5.41, 5.74) is 0.689. The molecular weight excluding hydrogens is 440 g/mol. The van der Waals surface area contributed by atoms with Crippen LogP contribution >= 0.6 is 0 Å². The zero-order valence-electron chi connectivity index (χ0n) is 19.1. The summed E-state index contributed by atoms with van der Waals surface area (Å²) in [6, 6.07) is 12.7. The Bertz CT molecular complexity index is 1050. The summed E-state index contributed by atoms with van der Waals surface area (Å²) in [6.07, 6.45) is 8.97. The number of nitrogens with zero attached hydrogens (tertiary/aromatic N) is 2. The number of rotatable bonds is 10. The van der Waals surface area contributed by atoms with Gasteiger partial charge >= 0.3 is 16.1 Å². The number of urea groups is 1. The van der Waals surface area contributed by atoms with E-state index in [2.05, 4.69) is 0 Å². The molecule has 1 aliphatic carbocycles. The van der Waals surface area contributed by atoms with Gasteiger partial charge < -0.3 is 13.8 Å². The predicted octanol–water partition coefficient (Wildman–Crippen LogP) is 5.07. The first-order valence-corrected chi connectivity index (χ1v) is 13.1. The van der Waals surface area contributed by atoms with Crippen LogP contribution in [-0.2, 0) is 10.1 Å². The standard InChI is InChI=1S/C25H32N2O5S/c1-31-22-10-6-11-23(19-22)32-33(29,30)24-14-12-21(13-15-24)27-18-17-26(25(27)28)16-5-4-9-20-7-2-3-8-20/h6,10-15,19-20H,2-5,7-9,16-18H2,1H3. The lowest BCUT2D eigenvalue weighted by molar-refractivity contribution is 0.219. The molecule has 0 radical (unpaired) electrons. The average Bonchev–Trinajstić information content (AvgIpc) is 3.46. The molecule has 1 heterocycles. The fourth-order valence-electron chi connectivity index (χ4n) is 4.68. The summed E-state index contributed by atoms with van der Waals surface area (Å²) in [5, 5.41) is 0. The van der Waals surface area contributed by atoms with Gasteiger partial charge in [0.2, 0.25) is 0 Å². The highest BCUT2D eigenvalue weighted by Crippen LogP contribution is 2.29. The van der Waals surface area contributed by atoms with Gasteiger partial charge in [0.1, 0.15) is 16.4 Å². The zero-order valence-corrected chi connectivity index (χ0v) is 19.9. The summed E-state index contributed by atoms with van der Waals surface area (Å²) < 4.78 is 35.6. The monoisotopic (exact) mass is 472 g/mol. The maximum absolute atomic E-state index is 12.8. The molecular formula is C25H32N2O5S. The average molecular weight is 473 g/mol. The van der Waals surface area contributed by atoms with Crippen LogP contribution in [0.4, 0.5) is 10.5 Å². The van der Waals surface area contributed by atoms with E-state index in [1.165, 1.54) is 63.8 Å². The smallest absolute Gasteiger partial charge is 0.339 e. The Balaban J connectivity index is 1.32. The summed E-state index contributed by atoms with van der Waals surface area (Å²) >= 11 is 0. The van der Waals surface area contributed by atoms with Gasteiger partial charge in [-0.15, -0.1) is 0 Å². The minimum Gasteiger partial charge on any atom is -0.497 e. The molecule has 0 atom stereocenters. The number of amides is 2. The molecule has 0 bridgehead atoms. The lowest BCUT2D eigenvalue weighted by Gasteiger charge is -2.19. The van der Waals surface area contributed by atoms with E-state index in [0.29, 0.717) is 24.5 Å². The minimum atomic E-state index is -3.99. The van der Waals surface area contributed by atoms with Crippen LogP contribution in [0.5, 0.6) is 11.5 Å². The van der Waals surface area contributed by atoms with Crippen LogP contribution < -0.4 is 13.8 Å². The van der Waals surface area contributed by atoms with Crippen molar-refractivity contribution in [2.45, 2.75) is 49.8 Å². The number of hydrogen-bond acceptors (Lipinski definition) is 5. The van der Waals surface area contributed by atoms with Gasteiger partial charge in [0.15, 0.2) is 0 Å². The van der Waals surface area contributed by atoms with Gasteiger partial charge in [0.05, 0.1) is 7.11 Å². The molecule has 1 aliphatic heterocycles. The highest BCUT2D eigenvalue weighted by Gasteiger charge is 2.29. The van der Waals surface area contributed by atoms with Crippen molar-refractivity contribution in [1.82, 2.24) is 4.90 Å². The second-order valence-corrected chi connectivity index (χ2v) is 10.3. The Morgan fingerprint density at radius 2 is 1.70 bits per heavy atom. The molecule has 1 saturated carbocycles. The van der Waals surface area contributed by atoms with Gasteiger partial charge in [-0.1, -0.05) is 44.6 Å². The first kappa shape index (κ1) is 23.4. The lowest BCUT2D eigenvalue weighted by Crippen LogP contribution is -2.32. The second kappa shape index (κ2) is 10.5. The van der Waals surface area contributed by atoms with Gasteiger partial charge in [-0.25, -0.2) is 4.79 Å². The third-order valence-electron chi connectivity index (χ3n) is 6.54. The third kappa shape index (κ3) is 5.79. The van der Waals surface area contributed by atoms with Crippen molar-refractivity contribution in [3.63, 3.8) is 0 Å². The fraction of sp³-hybridized carbons (Fsp3) is 0.480. The van der Waals surface area contributed by atoms with Crippen molar-refractivity contribution in [1.29, 1.82) is 0 Å². The second-order valence-electron chi connectivity index (χ2n) is 8.78. The highest BCUT2D eigenvalue weighted by molar-refractivity contribution is 7.87. The number of carbonyl (C=O) groups excluding carboxylic acids is 1. The molecule has 0 unspecified atom stereocenters. The molecule has 4 rings (SSSR count). The van der Waals surface area contributed by atoms with Crippen LogP contribution in [0.2, 0.25) is 0 Å². The number of carbonyl (C=O) groups is 1. The number of benzene rings is 2. The van der Waals surface area contributed by atoms with E-state index in [-0.39, 0.29) is 16.7 Å². The number of methoxy groups -OCH3 is 1. The minimum absolute atomic E-state index is 0.0147. The molecule has 1 saturated heterocycles. The van der Waals surface area contributed by atoms with Crippen LogP contribution in [0.15, 0.2) is 53.4 Å². The first-order valence-electron chi connectivity index (χ1n) is 11.7. The SMILES string of the molecule is COc1cccc(OS(=O)(=O)c2ccc(N3CCN(CCCCC4CCCC4)C3=O)cc2)c1. The third-order valence-corrected chi connectivity index (χ3v) is 7.81. The first-order chi connectivity index (χ1) is 16.0. The van der Waals surface area contributed by atoms with Crippen molar-refractivity contribution in [3.05, 3.63) is 48.5 Å². The number of anilines is 1. The van der Waals surface area contributed by atoms with Crippen molar-refractivity contribution >= 4 is 21.8 Å². The maximum Gasteiger partial charge on any atom is 0.339 e. The van der Waals surface area contributed by atoms with E-state index in [1.54, 1.807) is 35.2 Å². The normalized spacial score (nSPS) is 17.1. The van der Waals surface area contributed by atoms with Crippen LogP contribution in [0.25, 0.3) is 0 Å². The maximum atomic E-state index is 12.8. The summed E-state index contributed by atoms with van der Waals surface area (Å²) in [7, 11) is -2.49. The van der Waals surface area contributed by atoms with Crippen molar-refractivity contribution in [3.8, 4) is 11.5 Å². The zero-order chi connectivity index (χ0) is 23.3. The van der Waals surface area contributed by atoms with Crippen LogP contribution in [0.1, 0.15) is 44.9 Å². The van der Waals surface area contributed by atoms with E-state index in [1.807, 2.05) is 4.90 Å². The Hall–Kier alpha value is -2.74. The van der Waals surface area contributed by atoms with E-state index >= 15 is 0 Å². The van der Waals surface area contributed by atoms with E-state index < -0.39 is 10.1 Å². The van der Waals surface area contributed by atoms with Crippen molar-refractivity contribution in [2.24, 2.45) is 5.92 Å². The van der Waals surface area contributed by atoms with Gasteiger partial charge in [0, 0.05) is 31.4 Å². The Morgan fingerprint density at radius 3 is 2.42 bits per heavy atom. The molecule has 2 amide bonds. The molecule has 7 nitrogen and oxygen atoms in total. The predicted molar refractivity (Wildman–Crippen MR) is 127 cm³/mol.